The number of Topliss-reactive ketones (excluding diaryl/α,β-unsaturated/α-hetero) is 1. The summed E-state index contributed by atoms with van der Waals surface area (Å²) < 4.78 is 0.955. The molecule has 6 atom stereocenters. The first-order valence-corrected chi connectivity index (χ1v) is 12.2. The molecule has 1 amide bonds. The van der Waals surface area contributed by atoms with E-state index < -0.39 is 6.09 Å². The monoisotopic (exact) mass is 483 g/mol. The molecule has 1 aromatic heterocycles. The maximum absolute atomic E-state index is 13.1. The van der Waals surface area contributed by atoms with Gasteiger partial charge in [-0.3, -0.25) is 9.78 Å². The summed E-state index contributed by atoms with van der Waals surface area (Å²) in [6.45, 7) is 0. The molecule has 6 nitrogen and oxygen atoms in total. The van der Waals surface area contributed by atoms with E-state index in [2.05, 4.69) is 31.5 Å². The lowest BCUT2D eigenvalue weighted by molar-refractivity contribution is -0.0224. The average molecular weight is 484 g/mol. The van der Waals surface area contributed by atoms with Crippen LogP contribution in [0.4, 0.5) is 10.5 Å². The van der Waals surface area contributed by atoms with Crippen molar-refractivity contribution in [2.45, 2.75) is 50.6 Å². The van der Waals surface area contributed by atoms with E-state index in [9.17, 15) is 14.7 Å². The van der Waals surface area contributed by atoms with E-state index in [0.29, 0.717) is 23.3 Å². The Morgan fingerprint density at radius 1 is 1.06 bits per heavy atom. The molecular formula is C24H26BrN3O3. The third-order valence-electron chi connectivity index (χ3n) is 8.07. The lowest BCUT2D eigenvalue weighted by atomic mass is 9.52. The van der Waals surface area contributed by atoms with Gasteiger partial charge in [-0.05, 0) is 74.5 Å². The zero-order valence-corrected chi connectivity index (χ0v) is 18.8. The van der Waals surface area contributed by atoms with E-state index in [1.807, 2.05) is 18.2 Å². The minimum Gasteiger partial charge on any atom is -0.465 e. The number of benzene rings is 1. The second-order valence-corrected chi connectivity index (χ2v) is 10.9. The molecule has 162 valence electrons. The van der Waals surface area contributed by atoms with Crippen LogP contribution in [0.2, 0.25) is 0 Å². The number of amides is 1. The number of anilines is 1. The van der Waals surface area contributed by atoms with E-state index in [1.165, 1.54) is 6.42 Å². The maximum atomic E-state index is 13.1. The Bertz CT molecular complexity index is 1090. The molecule has 0 spiro atoms. The number of carbonyl (C=O) groups excluding carboxylic acids is 1. The van der Waals surface area contributed by atoms with Crippen LogP contribution in [0.3, 0.4) is 0 Å². The first-order chi connectivity index (χ1) is 15.0. The Morgan fingerprint density at radius 3 is 2.58 bits per heavy atom. The van der Waals surface area contributed by atoms with Crippen LogP contribution in [0, 0.1) is 29.6 Å². The Kier molecular flexibility index (Phi) is 4.53. The fraction of sp³-hybridized carbons (Fsp3) is 0.542. The Hall–Kier alpha value is -2.15. The van der Waals surface area contributed by atoms with Gasteiger partial charge in [0, 0.05) is 40.0 Å². The van der Waals surface area contributed by atoms with Gasteiger partial charge in [0.2, 0.25) is 0 Å². The fourth-order valence-corrected chi connectivity index (χ4v) is 7.11. The number of hydrogen-bond acceptors (Lipinski definition) is 4. The number of aromatic nitrogens is 1. The number of pyridine rings is 1. The van der Waals surface area contributed by atoms with Crippen LogP contribution >= 0.6 is 15.9 Å². The van der Waals surface area contributed by atoms with Gasteiger partial charge in [0.05, 0.1) is 16.8 Å². The number of fused-ring (bicyclic) bond motifs is 1. The molecule has 5 fully saturated rings. The Morgan fingerprint density at radius 2 is 1.84 bits per heavy atom. The highest BCUT2D eigenvalue weighted by Gasteiger charge is 2.54. The van der Waals surface area contributed by atoms with Gasteiger partial charge in [0.1, 0.15) is 0 Å². The standard InChI is InChI=1S/C24H26BrN3O3/c25-15-3-4-19-16(9-15)22(18(10-26-19)23(29)12-1-2-12)27-20-13-5-11-6-14(8-13)21(17(20)7-11)28-24(30)31/h3-4,9-14,17,20-21,28H,1-2,5-8H2,(H,26,27)(H,30,31). The largest absolute Gasteiger partial charge is 0.465 e. The highest BCUT2D eigenvalue weighted by Crippen LogP contribution is 2.55. The van der Waals surface area contributed by atoms with E-state index in [4.69, 9.17) is 0 Å². The summed E-state index contributed by atoms with van der Waals surface area (Å²) in [6, 6.07) is 6.14. The van der Waals surface area contributed by atoms with Crippen LogP contribution in [0.15, 0.2) is 28.9 Å². The number of halogens is 1. The minimum atomic E-state index is -0.931. The van der Waals surface area contributed by atoms with E-state index in [0.717, 1.165) is 53.2 Å². The highest BCUT2D eigenvalue weighted by molar-refractivity contribution is 9.10. The van der Waals surface area contributed by atoms with Crippen molar-refractivity contribution < 1.29 is 14.7 Å². The number of carboxylic acid groups (broad SMARTS) is 1. The van der Waals surface area contributed by atoms with Crippen molar-refractivity contribution in [3.8, 4) is 0 Å². The average Bonchev–Trinajstić information content (AvgIpc) is 3.57. The predicted molar refractivity (Wildman–Crippen MR) is 121 cm³/mol. The normalized spacial score (nSPS) is 33.5. The summed E-state index contributed by atoms with van der Waals surface area (Å²) in [5.74, 6) is 2.22. The lowest BCUT2D eigenvalue weighted by Gasteiger charge is -2.58. The molecule has 0 saturated heterocycles. The third kappa shape index (κ3) is 3.32. The first kappa shape index (κ1) is 19.5. The molecule has 0 aliphatic heterocycles. The molecule has 3 N–H and O–H groups in total. The smallest absolute Gasteiger partial charge is 0.404 e. The SMILES string of the molecule is O=C(O)NC1C2CC3CC(C2)C(Nc2c(C(=O)C4CC4)cnc4ccc(Br)cc24)C1C3. The van der Waals surface area contributed by atoms with Crippen molar-refractivity contribution in [3.63, 3.8) is 0 Å². The van der Waals surface area contributed by atoms with Crippen LogP contribution in [0.1, 0.15) is 48.9 Å². The van der Waals surface area contributed by atoms with Crippen molar-refractivity contribution in [1.29, 1.82) is 0 Å². The third-order valence-corrected chi connectivity index (χ3v) is 8.56. The van der Waals surface area contributed by atoms with Crippen molar-refractivity contribution >= 4 is 44.4 Å². The molecule has 6 unspecified atom stereocenters. The summed E-state index contributed by atoms with van der Waals surface area (Å²) in [7, 11) is 0. The zero-order chi connectivity index (χ0) is 21.3. The summed E-state index contributed by atoms with van der Waals surface area (Å²) >= 11 is 3.58. The minimum absolute atomic E-state index is 0.00905. The molecule has 2 aromatic rings. The van der Waals surface area contributed by atoms with Gasteiger partial charge in [0.15, 0.2) is 5.78 Å². The van der Waals surface area contributed by atoms with Gasteiger partial charge in [-0.15, -0.1) is 0 Å². The number of nitrogens with zero attached hydrogens (tertiary/aromatic N) is 1. The highest BCUT2D eigenvalue weighted by atomic mass is 79.9. The lowest BCUT2D eigenvalue weighted by Crippen LogP contribution is -2.63. The van der Waals surface area contributed by atoms with Crippen LogP contribution < -0.4 is 10.6 Å². The number of ketones is 1. The van der Waals surface area contributed by atoms with Crippen molar-refractivity contribution in [2.24, 2.45) is 29.6 Å². The number of hydrogen-bond donors (Lipinski definition) is 3. The molecule has 1 aromatic carbocycles. The second kappa shape index (κ2) is 7.19. The molecule has 7 heteroatoms. The summed E-state index contributed by atoms with van der Waals surface area (Å²) in [5, 5.41) is 17.1. The Balaban J connectivity index is 1.42. The van der Waals surface area contributed by atoms with Crippen LogP contribution in [-0.4, -0.2) is 34.1 Å². The molecule has 1 heterocycles. The number of rotatable bonds is 5. The molecular weight excluding hydrogens is 458 g/mol. The van der Waals surface area contributed by atoms with Gasteiger partial charge in [-0.25, -0.2) is 4.79 Å². The van der Waals surface area contributed by atoms with Crippen LogP contribution in [-0.2, 0) is 0 Å². The summed E-state index contributed by atoms with van der Waals surface area (Å²) in [5.41, 5.74) is 2.43. The quantitative estimate of drug-likeness (QED) is 0.516. The number of carbonyl (C=O) groups is 2. The zero-order valence-electron chi connectivity index (χ0n) is 17.2. The molecule has 4 bridgehead atoms. The second-order valence-electron chi connectivity index (χ2n) is 9.99. The fourth-order valence-electron chi connectivity index (χ4n) is 6.74. The van der Waals surface area contributed by atoms with E-state index >= 15 is 0 Å². The number of nitrogens with one attached hydrogen (secondary N) is 2. The molecule has 5 saturated carbocycles. The van der Waals surface area contributed by atoms with E-state index in [1.54, 1.807) is 6.20 Å². The van der Waals surface area contributed by atoms with Gasteiger partial charge < -0.3 is 15.7 Å². The first-order valence-electron chi connectivity index (χ1n) is 11.4. The maximum Gasteiger partial charge on any atom is 0.404 e. The Labute approximate surface area is 189 Å². The van der Waals surface area contributed by atoms with Gasteiger partial charge in [-0.2, -0.15) is 0 Å². The van der Waals surface area contributed by atoms with Crippen LogP contribution in [0.25, 0.3) is 10.9 Å². The molecule has 31 heavy (non-hydrogen) atoms. The van der Waals surface area contributed by atoms with Crippen LogP contribution in [0.5, 0.6) is 0 Å². The molecule has 5 aliphatic carbocycles. The van der Waals surface area contributed by atoms with Crippen molar-refractivity contribution in [1.82, 2.24) is 10.3 Å². The van der Waals surface area contributed by atoms with Gasteiger partial charge in [-0.1, -0.05) is 15.9 Å². The van der Waals surface area contributed by atoms with Crippen molar-refractivity contribution in [3.05, 3.63) is 34.4 Å². The van der Waals surface area contributed by atoms with Gasteiger partial charge >= 0.3 is 6.09 Å². The topological polar surface area (TPSA) is 91.3 Å². The summed E-state index contributed by atoms with van der Waals surface area (Å²) in [4.78, 5) is 29.2. The van der Waals surface area contributed by atoms with Crippen molar-refractivity contribution in [2.75, 3.05) is 5.32 Å². The predicted octanol–water partition coefficient (Wildman–Crippen LogP) is 5.07. The van der Waals surface area contributed by atoms with Gasteiger partial charge in [0.25, 0.3) is 0 Å². The van der Waals surface area contributed by atoms with E-state index in [-0.39, 0.29) is 29.7 Å². The molecule has 7 rings (SSSR count). The molecule has 5 aliphatic rings. The summed E-state index contributed by atoms with van der Waals surface area (Å²) in [6.07, 6.45) is 7.16. The molecule has 0 radical (unpaired) electrons.